The van der Waals surface area contributed by atoms with Crippen LogP contribution >= 0.6 is 23.2 Å². The predicted molar refractivity (Wildman–Crippen MR) is 121 cm³/mol. The number of ether oxygens (including phenoxy) is 3. The van der Waals surface area contributed by atoms with E-state index in [0.717, 1.165) is 0 Å². The number of carbonyl (C=O) groups excluding carboxylic acids is 1. The normalized spacial score (nSPS) is 17.2. The number of nitrogens with one attached hydrogen (secondary N) is 1. The summed E-state index contributed by atoms with van der Waals surface area (Å²) in [6.07, 6.45) is 0.538. The Labute approximate surface area is 196 Å². The van der Waals surface area contributed by atoms with Crippen LogP contribution in [0.5, 0.6) is 17.2 Å². The average Bonchev–Trinajstić information content (AvgIpc) is 2.81. The van der Waals surface area contributed by atoms with E-state index < -0.39 is 5.67 Å². The van der Waals surface area contributed by atoms with Gasteiger partial charge >= 0.3 is 0 Å². The molecule has 2 aromatic rings. The standard InChI is InChI=1S/C23H25Cl2FN2O4/c24-17-5-4-16(14-18(17)25)22(29)28-9-6-23(26,7-10-28)15-27-8-11-30-19-2-1-3-20-21(19)32-13-12-31-20/h1-5,14,27H,6-13,15H2. The highest BCUT2D eigenvalue weighted by atomic mass is 35.5. The van der Waals surface area contributed by atoms with Gasteiger partial charge in [0.1, 0.15) is 25.5 Å². The smallest absolute Gasteiger partial charge is 0.253 e. The van der Waals surface area contributed by atoms with E-state index in [-0.39, 0.29) is 25.3 Å². The number of hydrogen-bond acceptors (Lipinski definition) is 5. The highest BCUT2D eigenvalue weighted by Gasteiger charge is 2.35. The Morgan fingerprint density at radius 1 is 1.12 bits per heavy atom. The summed E-state index contributed by atoms with van der Waals surface area (Å²) in [4.78, 5) is 14.3. The van der Waals surface area contributed by atoms with E-state index in [1.165, 1.54) is 0 Å². The maximum atomic E-state index is 15.2. The third-order valence-corrected chi connectivity index (χ3v) is 6.36. The van der Waals surface area contributed by atoms with Crippen LogP contribution in [0.15, 0.2) is 36.4 Å². The highest BCUT2D eigenvalue weighted by Crippen LogP contribution is 2.38. The van der Waals surface area contributed by atoms with E-state index in [0.29, 0.717) is 72.3 Å². The summed E-state index contributed by atoms with van der Waals surface area (Å²) in [7, 11) is 0. The van der Waals surface area contributed by atoms with E-state index in [2.05, 4.69) is 5.32 Å². The van der Waals surface area contributed by atoms with Crippen LogP contribution in [-0.2, 0) is 0 Å². The van der Waals surface area contributed by atoms with Crippen LogP contribution in [-0.4, -0.2) is 62.5 Å². The zero-order valence-corrected chi connectivity index (χ0v) is 19.1. The molecule has 1 amide bonds. The number of para-hydroxylation sites is 1. The van der Waals surface area contributed by atoms with Gasteiger partial charge in [0.25, 0.3) is 5.91 Å². The minimum absolute atomic E-state index is 0.163. The molecule has 32 heavy (non-hydrogen) atoms. The van der Waals surface area contributed by atoms with E-state index >= 15 is 4.39 Å². The molecule has 0 atom stereocenters. The molecule has 0 spiro atoms. The van der Waals surface area contributed by atoms with Crippen molar-refractivity contribution in [2.24, 2.45) is 0 Å². The average molecular weight is 483 g/mol. The van der Waals surface area contributed by atoms with Crippen LogP contribution in [0, 0.1) is 0 Å². The van der Waals surface area contributed by atoms with Gasteiger partial charge in [0.05, 0.1) is 10.0 Å². The van der Waals surface area contributed by atoms with Crippen molar-refractivity contribution in [3.05, 3.63) is 52.0 Å². The molecule has 2 aliphatic rings. The zero-order chi connectivity index (χ0) is 22.6. The lowest BCUT2D eigenvalue weighted by molar-refractivity contribution is 0.0433. The maximum absolute atomic E-state index is 15.2. The molecule has 2 heterocycles. The van der Waals surface area contributed by atoms with Crippen LogP contribution in [0.2, 0.25) is 10.0 Å². The first-order chi connectivity index (χ1) is 15.5. The number of carbonyl (C=O) groups is 1. The van der Waals surface area contributed by atoms with Crippen molar-refractivity contribution in [1.82, 2.24) is 10.2 Å². The summed E-state index contributed by atoms with van der Waals surface area (Å²) in [5.41, 5.74) is -0.907. The molecular formula is C23H25Cl2FN2O4. The summed E-state index contributed by atoms with van der Waals surface area (Å²) >= 11 is 11.9. The van der Waals surface area contributed by atoms with Crippen molar-refractivity contribution < 1.29 is 23.4 Å². The number of nitrogens with zero attached hydrogens (tertiary/aromatic N) is 1. The number of rotatable bonds is 7. The second-order valence-corrected chi connectivity index (χ2v) is 8.69. The minimum Gasteiger partial charge on any atom is -0.488 e. The van der Waals surface area contributed by atoms with Crippen LogP contribution < -0.4 is 19.5 Å². The molecule has 9 heteroatoms. The fourth-order valence-corrected chi connectivity index (χ4v) is 4.10. The Kier molecular flexibility index (Phi) is 7.28. The number of alkyl halides is 1. The van der Waals surface area contributed by atoms with Gasteiger partial charge in [-0.2, -0.15) is 0 Å². The number of hydrogen-bond donors (Lipinski definition) is 1. The number of halogens is 3. The van der Waals surface area contributed by atoms with Crippen molar-refractivity contribution in [2.75, 3.05) is 46.0 Å². The van der Waals surface area contributed by atoms with Crippen molar-refractivity contribution >= 4 is 29.1 Å². The third-order valence-electron chi connectivity index (χ3n) is 5.62. The Hall–Kier alpha value is -2.22. The van der Waals surface area contributed by atoms with Crippen molar-refractivity contribution in [2.45, 2.75) is 18.5 Å². The topological polar surface area (TPSA) is 60.0 Å². The Balaban J connectivity index is 1.20. The SMILES string of the molecule is O=C(c1ccc(Cl)c(Cl)c1)N1CCC(F)(CNCCOc2cccc3c2OCCO3)CC1. The van der Waals surface area contributed by atoms with Gasteiger partial charge in [-0.25, -0.2) is 4.39 Å². The van der Waals surface area contributed by atoms with Gasteiger partial charge in [0.15, 0.2) is 11.5 Å². The number of fused-ring (bicyclic) bond motifs is 1. The number of amides is 1. The monoisotopic (exact) mass is 482 g/mol. The van der Waals surface area contributed by atoms with Crippen molar-refractivity contribution in [3.8, 4) is 17.2 Å². The second kappa shape index (κ2) is 10.1. The first-order valence-electron chi connectivity index (χ1n) is 10.6. The molecule has 0 aliphatic carbocycles. The van der Waals surface area contributed by atoms with Gasteiger partial charge in [0, 0.05) is 44.6 Å². The molecule has 1 N–H and O–H groups in total. The van der Waals surface area contributed by atoms with Crippen molar-refractivity contribution in [1.29, 1.82) is 0 Å². The molecule has 2 aromatic carbocycles. The fourth-order valence-electron chi connectivity index (χ4n) is 3.81. The molecule has 1 fully saturated rings. The van der Waals surface area contributed by atoms with Gasteiger partial charge in [0.2, 0.25) is 5.75 Å². The third kappa shape index (κ3) is 5.39. The Bertz CT molecular complexity index is 967. The lowest BCUT2D eigenvalue weighted by atomic mass is 9.93. The lowest BCUT2D eigenvalue weighted by Crippen LogP contribution is -2.49. The predicted octanol–water partition coefficient (Wildman–Crippen LogP) is 4.38. The van der Waals surface area contributed by atoms with Gasteiger partial charge in [-0.15, -0.1) is 0 Å². The molecule has 0 bridgehead atoms. The van der Waals surface area contributed by atoms with Gasteiger partial charge in [-0.3, -0.25) is 4.79 Å². The van der Waals surface area contributed by atoms with E-state index in [4.69, 9.17) is 37.4 Å². The zero-order valence-electron chi connectivity index (χ0n) is 17.5. The summed E-state index contributed by atoms with van der Waals surface area (Å²) in [6.45, 7) is 2.77. The van der Waals surface area contributed by atoms with Gasteiger partial charge < -0.3 is 24.4 Å². The maximum Gasteiger partial charge on any atom is 0.253 e. The molecular weight excluding hydrogens is 458 g/mol. The summed E-state index contributed by atoms with van der Waals surface area (Å²) in [5, 5.41) is 3.85. The molecule has 0 unspecified atom stereocenters. The molecule has 172 valence electrons. The summed E-state index contributed by atoms with van der Waals surface area (Å²) in [6, 6.07) is 10.3. The molecule has 4 rings (SSSR count). The minimum atomic E-state index is -1.36. The van der Waals surface area contributed by atoms with E-state index in [9.17, 15) is 4.79 Å². The molecule has 2 aliphatic heterocycles. The molecule has 6 nitrogen and oxygen atoms in total. The molecule has 0 radical (unpaired) electrons. The van der Waals surface area contributed by atoms with Crippen LogP contribution in [0.3, 0.4) is 0 Å². The van der Waals surface area contributed by atoms with Crippen LogP contribution in [0.25, 0.3) is 0 Å². The van der Waals surface area contributed by atoms with Gasteiger partial charge in [-0.1, -0.05) is 29.3 Å². The quantitative estimate of drug-likeness (QED) is 0.593. The number of likely N-dealkylation sites (tertiary alicyclic amines) is 1. The number of piperidine rings is 1. The highest BCUT2D eigenvalue weighted by molar-refractivity contribution is 6.42. The van der Waals surface area contributed by atoms with E-state index in [1.807, 2.05) is 18.2 Å². The molecule has 1 saturated heterocycles. The summed E-state index contributed by atoms with van der Waals surface area (Å²) in [5.74, 6) is 1.74. The second-order valence-electron chi connectivity index (χ2n) is 7.88. The van der Waals surface area contributed by atoms with Gasteiger partial charge in [-0.05, 0) is 30.3 Å². The summed E-state index contributed by atoms with van der Waals surface area (Å²) < 4.78 is 32.1. The first-order valence-corrected chi connectivity index (χ1v) is 11.4. The Morgan fingerprint density at radius 3 is 2.69 bits per heavy atom. The van der Waals surface area contributed by atoms with E-state index in [1.54, 1.807) is 23.1 Å². The molecule has 0 saturated carbocycles. The lowest BCUT2D eigenvalue weighted by Gasteiger charge is -2.36. The number of benzene rings is 2. The van der Waals surface area contributed by atoms with Crippen LogP contribution in [0.1, 0.15) is 23.2 Å². The fraction of sp³-hybridized carbons (Fsp3) is 0.435. The van der Waals surface area contributed by atoms with Crippen molar-refractivity contribution in [3.63, 3.8) is 0 Å². The Morgan fingerprint density at radius 2 is 1.91 bits per heavy atom. The first kappa shape index (κ1) is 23.0. The molecule has 0 aromatic heterocycles. The largest absolute Gasteiger partial charge is 0.488 e. The van der Waals surface area contributed by atoms with Crippen LogP contribution in [0.4, 0.5) is 4.39 Å².